The van der Waals surface area contributed by atoms with Gasteiger partial charge in [0.1, 0.15) is 0 Å². The first-order chi connectivity index (χ1) is 14.4. The standard InChI is InChI=1S/C23H29NO5S/c1-2-3-4-5-6-7-8-9-11-18-17-24(23(25)22-12-10-15-29-22)21-14-13-19(16-20(18)21)30(26,27)28/h10,12-17H,2-9,11H2,1H3,(H,26,27,28). The Balaban J connectivity index is 1.79. The largest absolute Gasteiger partial charge is 0.459 e. The highest BCUT2D eigenvalue weighted by Crippen LogP contribution is 2.27. The van der Waals surface area contributed by atoms with Gasteiger partial charge in [-0.25, -0.2) is 0 Å². The lowest BCUT2D eigenvalue weighted by Gasteiger charge is -2.03. The molecule has 0 bridgehead atoms. The van der Waals surface area contributed by atoms with Crippen LogP contribution in [0.25, 0.3) is 10.9 Å². The van der Waals surface area contributed by atoms with Crippen molar-refractivity contribution >= 4 is 26.9 Å². The highest BCUT2D eigenvalue weighted by molar-refractivity contribution is 7.85. The van der Waals surface area contributed by atoms with Gasteiger partial charge in [-0.3, -0.25) is 13.9 Å². The van der Waals surface area contributed by atoms with Crippen LogP contribution in [0.4, 0.5) is 0 Å². The molecule has 162 valence electrons. The lowest BCUT2D eigenvalue weighted by Crippen LogP contribution is -2.09. The number of nitrogens with zero attached hydrogens (tertiary/aromatic N) is 1. The Bertz CT molecular complexity index is 1080. The van der Waals surface area contributed by atoms with Crippen molar-refractivity contribution in [2.75, 3.05) is 0 Å². The summed E-state index contributed by atoms with van der Waals surface area (Å²) in [6.07, 6.45) is 13.5. The van der Waals surface area contributed by atoms with Crippen LogP contribution in [0.15, 0.2) is 52.1 Å². The number of aromatic nitrogens is 1. The average Bonchev–Trinajstić information content (AvgIpc) is 3.37. The molecule has 0 radical (unpaired) electrons. The van der Waals surface area contributed by atoms with Gasteiger partial charge in [-0.2, -0.15) is 8.42 Å². The summed E-state index contributed by atoms with van der Waals surface area (Å²) in [5.41, 5.74) is 1.49. The quantitative estimate of drug-likeness (QED) is 0.304. The maximum absolute atomic E-state index is 12.8. The second-order valence-electron chi connectivity index (χ2n) is 7.69. The summed E-state index contributed by atoms with van der Waals surface area (Å²) in [5.74, 6) is -0.101. The molecule has 0 atom stereocenters. The molecule has 7 heteroatoms. The van der Waals surface area contributed by atoms with Gasteiger partial charge < -0.3 is 4.42 Å². The fourth-order valence-electron chi connectivity index (χ4n) is 3.77. The first-order valence-electron chi connectivity index (χ1n) is 10.6. The molecule has 0 aliphatic carbocycles. The minimum atomic E-state index is -4.32. The van der Waals surface area contributed by atoms with Crippen molar-refractivity contribution < 1.29 is 22.2 Å². The number of hydrogen-bond acceptors (Lipinski definition) is 4. The minimum absolute atomic E-state index is 0.171. The van der Waals surface area contributed by atoms with Gasteiger partial charge >= 0.3 is 0 Å². The Hall–Kier alpha value is -2.38. The molecule has 3 rings (SSSR count). The lowest BCUT2D eigenvalue weighted by atomic mass is 10.0. The molecule has 0 saturated heterocycles. The van der Waals surface area contributed by atoms with Gasteiger partial charge in [0, 0.05) is 11.6 Å². The minimum Gasteiger partial charge on any atom is -0.459 e. The van der Waals surface area contributed by atoms with E-state index < -0.39 is 10.1 Å². The fraction of sp³-hybridized carbons (Fsp3) is 0.435. The van der Waals surface area contributed by atoms with Crippen molar-refractivity contribution in [3.05, 3.63) is 54.1 Å². The molecule has 1 aromatic carbocycles. The molecule has 0 unspecified atom stereocenters. The van der Waals surface area contributed by atoms with Crippen molar-refractivity contribution in [2.45, 2.75) is 69.6 Å². The summed E-state index contributed by atoms with van der Waals surface area (Å²) < 4.78 is 39.3. The van der Waals surface area contributed by atoms with Crippen LogP contribution in [0.3, 0.4) is 0 Å². The number of rotatable bonds is 11. The summed E-state index contributed by atoms with van der Waals surface area (Å²) in [5, 5.41) is 0.660. The number of hydrogen-bond donors (Lipinski definition) is 1. The van der Waals surface area contributed by atoms with Gasteiger partial charge in [0.05, 0.1) is 16.7 Å². The molecule has 3 aromatic rings. The highest BCUT2D eigenvalue weighted by atomic mass is 32.2. The molecular formula is C23H29NO5S. The Morgan fingerprint density at radius 1 is 1.03 bits per heavy atom. The van der Waals surface area contributed by atoms with Crippen LogP contribution in [0, 0.1) is 0 Å². The first kappa shape index (κ1) is 22.3. The van der Waals surface area contributed by atoms with E-state index in [1.165, 1.54) is 61.5 Å². The van der Waals surface area contributed by atoms with E-state index in [0.717, 1.165) is 24.8 Å². The van der Waals surface area contributed by atoms with Gasteiger partial charge in [0.25, 0.3) is 16.0 Å². The zero-order chi connectivity index (χ0) is 21.6. The van der Waals surface area contributed by atoms with E-state index >= 15 is 0 Å². The number of aryl methyl sites for hydroxylation is 1. The predicted octanol–water partition coefficient (Wildman–Crippen LogP) is 5.85. The zero-order valence-corrected chi connectivity index (χ0v) is 18.2. The fourth-order valence-corrected chi connectivity index (χ4v) is 4.28. The topological polar surface area (TPSA) is 89.5 Å². The third-order valence-electron chi connectivity index (χ3n) is 5.41. The number of benzene rings is 1. The predicted molar refractivity (Wildman–Crippen MR) is 117 cm³/mol. The number of carbonyl (C=O) groups excluding carboxylic acids is 1. The second-order valence-corrected chi connectivity index (χ2v) is 9.11. The lowest BCUT2D eigenvalue weighted by molar-refractivity contribution is 0.0937. The van der Waals surface area contributed by atoms with Crippen molar-refractivity contribution in [3.63, 3.8) is 0 Å². The number of fused-ring (bicyclic) bond motifs is 1. The van der Waals surface area contributed by atoms with Gasteiger partial charge in [-0.15, -0.1) is 0 Å². The van der Waals surface area contributed by atoms with Gasteiger partial charge in [-0.1, -0.05) is 51.9 Å². The molecule has 0 saturated carbocycles. The van der Waals surface area contributed by atoms with Crippen LogP contribution in [0.1, 0.15) is 74.4 Å². The van der Waals surface area contributed by atoms with Crippen LogP contribution < -0.4 is 0 Å². The van der Waals surface area contributed by atoms with Crippen molar-refractivity contribution in [3.8, 4) is 0 Å². The number of carbonyl (C=O) groups is 1. The third kappa shape index (κ3) is 5.40. The van der Waals surface area contributed by atoms with Crippen LogP contribution in [0.5, 0.6) is 0 Å². The van der Waals surface area contributed by atoms with Crippen LogP contribution in [-0.4, -0.2) is 23.4 Å². The third-order valence-corrected chi connectivity index (χ3v) is 6.26. The second kappa shape index (κ2) is 10.1. The van der Waals surface area contributed by atoms with E-state index in [0.29, 0.717) is 10.9 Å². The first-order valence-corrected chi connectivity index (χ1v) is 12.1. The molecule has 6 nitrogen and oxygen atoms in total. The Morgan fingerprint density at radius 3 is 2.37 bits per heavy atom. The molecule has 30 heavy (non-hydrogen) atoms. The van der Waals surface area contributed by atoms with E-state index in [1.54, 1.807) is 24.4 Å². The maximum Gasteiger partial charge on any atom is 0.298 e. The van der Waals surface area contributed by atoms with E-state index in [-0.39, 0.29) is 16.6 Å². The van der Waals surface area contributed by atoms with Crippen molar-refractivity contribution in [1.29, 1.82) is 0 Å². The summed E-state index contributed by atoms with van der Waals surface area (Å²) in [6.45, 7) is 2.21. The summed E-state index contributed by atoms with van der Waals surface area (Å²) in [6, 6.07) is 7.55. The molecule has 2 heterocycles. The molecule has 0 spiro atoms. The van der Waals surface area contributed by atoms with E-state index in [9.17, 15) is 17.8 Å². The molecule has 0 fully saturated rings. The van der Waals surface area contributed by atoms with Crippen molar-refractivity contribution in [1.82, 2.24) is 4.57 Å². The normalized spacial score (nSPS) is 11.9. The highest BCUT2D eigenvalue weighted by Gasteiger charge is 2.19. The van der Waals surface area contributed by atoms with Crippen LogP contribution in [0.2, 0.25) is 0 Å². The van der Waals surface area contributed by atoms with Gasteiger partial charge in [-0.05, 0) is 48.7 Å². The Morgan fingerprint density at radius 2 is 1.73 bits per heavy atom. The van der Waals surface area contributed by atoms with Crippen molar-refractivity contribution in [2.24, 2.45) is 0 Å². The molecular weight excluding hydrogens is 402 g/mol. The monoisotopic (exact) mass is 431 g/mol. The Kier molecular flexibility index (Phi) is 7.50. The number of unbranched alkanes of at least 4 members (excludes halogenated alkanes) is 7. The zero-order valence-electron chi connectivity index (χ0n) is 17.3. The molecule has 0 amide bonds. The average molecular weight is 432 g/mol. The summed E-state index contributed by atoms with van der Waals surface area (Å²) in [4.78, 5) is 12.6. The van der Waals surface area contributed by atoms with Gasteiger partial charge in [0.15, 0.2) is 5.76 Å². The molecule has 0 aliphatic rings. The van der Waals surface area contributed by atoms with E-state index in [2.05, 4.69) is 6.92 Å². The summed E-state index contributed by atoms with van der Waals surface area (Å²) in [7, 11) is -4.32. The Labute approximate surface area is 177 Å². The van der Waals surface area contributed by atoms with Gasteiger partial charge in [0.2, 0.25) is 0 Å². The maximum atomic E-state index is 12.8. The summed E-state index contributed by atoms with van der Waals surface area (Å²) >= 11 is 0. The molecule has 0 aliphatic heterocycles. The smallest absolute Gasteiger partial charge is 0.298 e. The molecule has 2 aromatic heterocycles. The molecule has 1 N–H and O–H groups in total. The van der Waals surface area contributed by atoms with E-state index in [1.807, 2.05) is 0 Å². The van der Waals surface area contributed by atoms with E-state index in [4.69, 9.17) is 4.42 Å². The van der Waals surface area contributed by atoms with Crippen LogP contribution in [-0.2, 0) is 16.5 Å². The number of furan rings is 1. The SMILES string of the molecule is CCCCCCCCCCc1cn(C(=O)c2ccco2)c2ccc(S(=O)(=O)O)cc12. The van der Waals surface area contributed by atoms with Crippen LogP contribution >= 0.6 is 0 Å².